The number of hydrogen-bond donors (Lipinski definition) is 2. The van der Waals surface area contributed by atoms with E-state index in [1.165, 1.54) is 13.8 Å². The molecule has 5 nitrogen and oxygen atoms in total. The number of rotatable bonds is 4. The molecule has 0 aromatic heterocycles. The summed E-state index contributed by atoms with van der Waals surface area (Å²) in [7, 11) is -4.10. The molecule has 7 heteroatoms. The van der Waals surface area contributed by atoms with Crippen LogP contribution in [0.1, 0.15) is 15.3 Å². The van der Waals surface area contributed by atoms with Crippen LogP contribution in [0.5, 0.6) is 0 Å². The van der Waals surface area contributed by atoms with Gasteiger partial charge in [0.1, 0.15) is 5.25 Å². The van der Waals surface area contributed by atoms with Crippen LogP contribution >= 0.6 is 0 Å². The number of hydrogen-bond acceptors (Lipinski definition) is 3. The number of carbonyl (C=O) groups is 1. The monoisotopic (exact) mass is 215 g/mol. The smallest absolute Gasteiger partial charge is 1.00 e. The van der Waals surface area contributed by atoms with Crippen LogP contribution in [0.3, 0.4) is 0 Å². The molecule has 0 fully saturated rings. The van der Waals surface area contributed by atoms with Gasteiger partial charge in [0, 0.05) is 6.04 Å². The van der Waals surface area contributed by atoms with Gasteiger partial charge in [-0.1, -0.05) is 6.58 Å². The Hall–Kier alpha value is -0.283. The van der Waals surface area contributed by atoms with Crippen molar-refractivity contribution >= 4 is 16.0 Å². The molecule has 0 bridgehead atoms. The minimum atomic E-state index is -4.10. The summed E-state index contributed by atoms with van der Waals surface area (Å²) in [5, 5.41) is 1.31. The van der Waals surface area contributed by atoms with Crippen LogP contribution in [-0.4, -0.2) is 30.2 Å². The first-order valence-electron chi connectivity index (χ1n) is 3.68. The molecule has 0 aliphatic rings. The Labute approximate surface area is 97.4 Å². The van der Waals surface area contributed by atoms with Gasteiger partial charge in [-0.3, -0.25) is 9.35 Å². The van der Waals surface area contributed by atoms with Gasteiger partial charge >= 0.3 is 18.9 Å². The van der Waals surface area contributed by atoms with Crippen LogP contribution in [-0.2, 0) is 14.9 Å². The van der Waals surface area contributed by atoms with Crippen molar-refractivity contribution in [2.45, 2.75) is 25.1 Å². The first-order valence-corrected chi connectivity index (χ1v) is 5.18. The van der Waals surface area contributed by atoms with E-state index in [9.17, 15) is 13.2 Å². The first-order chi connectivity index (χ1) is 5.79. The predicted molar refractivity (Wildman–Crippen MR) is 49.9 cm³/mol. The second kappa shape index (κ2) is 6.25. The molecule has 1 amide bonds. The first kappa shape index (κ1) is 16.2. The van der Waals surface area contributed by atoms with Crippen molar-refractivity contribution in [2.75, 3.05) is 0 Å². The van der Waals surface area contributed by atoms with Crippen molar-refractivity contribution in [2.24, 2.45) is 0 Å². The average Bonchev–Trinajstić information content (AvgIpc) is 2.01. The molecule has 0 saturated heterocycles. The summed E-state index contributed by atoms with van der Waals surface area (Å²) in [5.74, 6) is -0.469. The maximum Gasteiger partial charge on any atom is 1.00 e. The average molecular weight is 215 g/mol. The summed E-state index contributed by atoms with van der Waals surface area (Å²) >= 11 is 0. The largest absolute Gasteiger partial charge is 1.00 e. The van der Waals surface area contributed by atoms with Crippen molar-refractivity contribution in [3.8, 4) is 0 Å². The molecule has 2 N–H and O–H groups in total. The van der Waals surface area contributed by atoms with Crippen LogP contribution in [0.4, 0.5) is 0 Å². The molecule has 0 spiro atoms. The second-order valence-electron chi connectivity index (χ2n) is 2.72. The fourth-order valence-electron chi connectivity index (χ4n) is 0.659. The number of nitrogens with one attached hydrogen (secondary N) is 1. The molecule has 14 heavy (non-hydrogen) atoms. The van der Waals surface area contributed by atoms with Gasteiger partial charge in [0.05, 0.1) is 0 Å². The van der Waals surface area contributed by atoms with Crippen LogP contribution in [0.25, 0.3) is 0 Å². The van der Waals surface area contributed by atoms with Crippen LogP contribution < -0.4 is 24.2 Å². The Morgan fingerprint density at radius 2 is 2.00 bits per heavy atom. The maximum absolute atomic E-state index is 10.7. The van der Waals surface area contributed by atoms with Gasteiger partial charge in [-0.05, 0) is 19.9 Å². The summed E-state index contributed by atoms with van der Waals surface area (Å²) in [4.78, 5) is 10.7. The fraction of sp³-hybridized carbons (Fsp3) is 0.571. The van der Waals surface area contributed by atoms with Crippen molar-refractivity contribution in [3.05, 3.63) is 12.7 Å². The third-order valence-electron chi connectivity index (χ3n) is 1.73. The Morgan fingerprint density at radius 1 is 1.57 bits per heavy atom. The van der Waals surface area contributed by atoms with Gasteiger partial charge < -0.3 is 6.74 Å². The summed E-state index contributed by atoms with van der Waals surface area (Å²) in [6, 6.07) is -0.652. The van der Waals surface area contributed by atoms with Gasteiger partial charge in [-0.15, -0.1) is 0 Å². The molecule has 0 aromatic rings. The van der Waals surface area contributed by atoms with Gasteiger partial charge in [0.2, 0.25) is 5.91 Å². The molecule has 2 atom stereocenters. The predicted octanol–water partition coefficient (Wildman–Crippen LogP) is -2.93. The molecular formula is C7H14LiNO4S. The van der Waals surface area contributed by atoms with E-state index in [1.54, 1.807) is 0 Å². The van der Waals surface area contributed by atoms with Gasteiger partial charge in [-0.25, -0.2) is 0 Å². The van der Waals surface area contributed by atoms with Crippen molar-refractivity contribution in [1.29, 1.82) is 0 Å². The number of carbonyl (C=O) groups excluding carboxylic acids is 1. The SMILES string of the molecule is C=CC(=O)NC(C)C(C)S(=O)(=O)O.[H-].[Li+]. The third kappa shape index (κ3) is 5.45. The van der Waals surface area contributed by atoms with E-state index in [0.717, 1.165) is 6.08 Å². The Morgan fingerprint density at radius 3 is 2.29 bits per heavy atom. The molecule has 0 rings (SSSR count). The van der Waals surface area contributed by atoms with Crippen LogP contribution in [0.2, 0.25) is 0 Å². The van der Waals surface area contributed by atoms with E-state index in [4.69, 9.17) is 4.55 Å². The molecule has 0 heterocycles. The minimum Gasteiger partial charge on any atom is -1.00 e. The van der Waals surface area contributed by atoms with Crippen LogP contribution in [0.15, 0.2) is 12.7 Å². The molecule has 2 unspecified atom stereocenters. The van der Waals surface area contributed by atoms with Gasteiger partial charge in [0.15, 0.2) is 0 Å². The van der Waals surface area contributed by atoms with E-state index in [0.29, 0.717) is 0 Å². The quantitative estimate of drug-likeness (QED) is 0.299. The number of amides is 1. The molecule has 78 valence electrons. The Bertz CT molecular complexity index is 306. The van der Waals surface area contributed by atoms with E-state index >= 15 is 0 Å². The Balaban J connectivity index is -0.000000720. The van der Waals surface area contributed by atoms with Crippen molar-refractivity contribution < 1.29 is 38.1 Å². The Kier molecular flexibility index (Phi) is 7.21. The summed E-state index contributed by atoms with van der Waals surface area (Å²) < 4.78 is 29.9. The maximum atomic E-state index is 10.7. The normalized spacial score (nSPS) is 14.8. The zero-order chi connectivity index (χ0) is 10.6. The zero-order valence-corrected chi connectivity index (χ0v) is 9.34. The molecule has 0 aromatic carbocycles. The standard InChI is InChI=1S/C7H13NO4S.Li.H/c1-4-7(9)8-5(2)6(3)13(10,11)12;;/h4-6H,1H2,2-3H3,(H,8,9)(H,10,11,12);;/q;+1;-1. The zero-order valence-electron chi connectivity index (χ0n) is 9.52. The minimum absolute atomic E-state index is 0. The third-order valence-corrected chi connectivity index (χ3v) is 3.08. The van der Waals surface area contributed by atoms with Crippen LogP contribution in [0, 0.1) is 0 Å². The van der Waals surface area contributed by atoms with E-state index in [1.807, 2.05) is 0 Å². The van der Waals surface area contributed by atoms with E-state index in [-0.39, 0.29) is 20.3 Å². The van der Waals surface area contributed by atoms with Gasteiger partial charge in [-0.2, -0.15) is 8.42 Å². The summed E-state index contributed by atoms with van der Waals surface area (Å²) in [6.45, 7) is 6.01. The van der Waals surface area contributed by atoms with E-state index < -0.39 is 27.3 Å². The molecule has 0 aliphatic carbocycles. The summed E-state index contributed by atoms with van der Waals surface area (Å²) in [5.41, 5.74) is 0. The molecule has 0 radical (unpaired) electrons. The van der Waals surface area contributed by atoms with Crippen molar-refractivity contribution in [3.63, 3.8) is 0 Å². The molecular weight excluding hydrogens is 201 g/mol. The van der Waals surface area contributed by atoms with E-state index in [2.05, 4.69) is 11.9 Å². The molecule has 0 saturated carbocycles. The fourth-order valence-corrected chi connectivity index (χ4v) is 1.24. The van der Waals surface area contributed by atoms with Crippen molar-refractivity contribution in [1.82, 2.24) is 5.32 Å². The topological polar surface area (TPSA) is 83.5 Å². The molecule has 0 aliphatic heterocycles. The second-order valence-corrected chi connectivity index (χ2v) is 4.49. The summed E-state index contributed by atoms with van der Waals surface area (Å²) in [6.07, 6.45) is 1.03. The van der Waals surface area contributed by atoms with Gasteiger partial charge in [0.25, 0.3) is 10.1 Å².